The molecule has 2 unspecified atom stereocenters. The van der Waals surface area contributed by atoms with Crippen LogP contribution in [-0.2, 0) is 11.3 Å². The molecule has 3 nitrogen and oxygen atoms in total. The molecular formula is C14H19NO2S. The number of thiophene rings is 1. The summed E-state index contributed by atoms with van der Waals surface area (Å²) < 4.78 is 0. The topological polar surface area (TPSA) is 40.5 Å². The van der Waals surface area contributed by atoms with Crippen molar-refractivity contribution in [1.82, 2.24) is 4.90 Å². The maximum atomic E-state index is 10.4. The molecule has 1 aromatic rings. The Bertz CT molecular complexity index is 442. The third kappa shape index (κ3) is 3.43. The highest BCUT2D eigenvalue weighted by molar-refractivity contribution is 7.10. The van der Waals surface area contributed by atoms with Crippen molar-refractivity contribution in [2.75, 3.05) is 13.1 Å². The SMILES string of the molecule is CC1CN(Cc2cc(C=CC(=O)O)cs2)CC1C. The molecule has 1 fully saturated rings. The molecule has 0 saturated carbocycles. The molecule has 0 aliphatic carbocycles. The van der Waals surface area contributed by atoms with Gasteiger partial charge in [0.2, 0.25) is 0 Å². The summed E-state index contributed by atoms with van der Waals surface area (Å²) in [7, 11) is 0. The van der Waals surface area contributed by atoms with Crippen LogP contribution in [0.1, 0.15) is 24.3 Å². The number of carboxylic acid groups (broad SMARTS) is 1. The van der Waals surface area contributed by atoms with Gasteiger partial charge in [-0.2, -0.15) is 0 Å². The van der Waals surface area contributed by atoms with Crippen molar-refractivity contribution in [3.63, 3.8) is 0 Å². The molecule has 4 heteroatoms. The number of carboxylic acids is 1. The quantitative estimate of drug-likeness (QED) is 0.851. The Labute approximate surface area is 112 Å². The molecule has 1 aliphatic rings. The second kappa shape index (κ2) is 5.67. The van der Waals surface area contributed by atoms with Crippen LogP contribution < -0.4 is 0 Å². The second-order valence-corrected chi connectivity index (χ2v) is 6.16. The van der Waals surface area contributed by atoms with Crippen molar-refractivity contribution in [2.24, 2.45) is 11.8 Å². The molecular weight excluding hydrogens is 246 g/mol. The summed E-state index contributed by atoms with van der Waals surface area (Å²) >= 11 is 1.70. The Kier molecular flexibility index (Phi) is 4.19. The Morgan fingerprint density at radius 3 is 2.78 bits per heavy atom. The molecule has 2 heterocycles. The van der Waals surface area contributed by atoms with E-state index in [1.165, 1.54) is 24.0 Å². The van der Waals surface area contributed by atoms with E-state index in [-0.39, 0.29) is 0 Å². The maximum absolute atomic E-state index is 10.4. The number of hydrogen-bond acceptors (Lipinski definition) is 3. The number of likely N-dealkylation sites (tertiary alicyclic amines) is 1. The monoisotopic (exact) mass is 265 g/mol. The van der Waals surface area contributed by atoms with Crippen LogP contribution in [0.4, 0.5) is 0 Å². The van der Waals surface area contributed by atoms with Crippen molar-refractivity contribution in [3.05, 3.63) is 28.0 Å². The number of aliphatic carboxylic acids is 1. The molecule has 1 aromatic heterocycles. The molecule has 0 bridgehead atoms. The van der Waals surface area contributed by atoms with Crippen LogP contribution in [-0.4, -0.2) is 29.1 Å². The zero-order chi connectivity index (χ0) is 13.1. The van der Waals surface area contributed by atoms with E-state index >= 15 is 0 Å². The van der Waals surface area contributed by atoms with Gasteiger partial charge < -0.3 is 5.11 Å². The molecule has 2 rings (SSSR count). The lowest BCUT2D eigenvalue weighted by Crippen LogP contribution is -2.19. The van der Waals surface area contributed by atoms with Crippen molar-refractivity contribution >= 4 is 23.4 Å². The largest absolute Gasteiger partial charge is 0.478 e. The molecule has 1 saturated heterocycles. The van der Waals surface area contributed by atoms with E-state index in [4.69, 9.17) is 5.11 Å². The zero-order valence-corrected chi connectivity index (χ0v) is 11.6. The lowest BCUT2D eigenvalue weighted by molar-refractivity contribution is -0.131. The van der Waals surface area contributed by atoms with E-state index < -0.39 is 5.97 Å². The fourth-order valence-corrected chi connectivity index (χ4v) is 3.23. The Balaban J connectivity index is 1.93. The summed E-state index contributed by atoms with van der Waals surface area (Å²) in [5, 5.41) is 10.6. The summed E-state index contributed by atoms with van der Waals surface area (Å²) in [6.45, 7) is 7.93. The molecule has 0 spiro atoms. The molecule has 1 N–H and O–H groups in total. The van der Waals surface area contributed by atoms with E-state index in [1.54, 1.807) is 17.4 Å². The molecule has 0 radical (unpaired) electrons. The number of rotatable bonds is 4. The highest BCUT2D eigenvalue weighted by Crippen LogP contribution is 2.25. The first kappa shape index (κ1) is 13.3. The van der Waals surface area contributed by atoms with Crippen LogP contribution in [0.3, 0.4) is 0 Å². The molecule has 1 aliphatic heterocycles. The normalized spacial score (nSPS) is 25.0. The minimum absolute atomic E-state index is 0.774. The van der Waals surface area contributed by atoms with Gasteiger partial charge in [-0.3, -0.25) is 4.90 Å². The molecule has 0 amide bonds. The van der Waals surface area contributed by atoms with Crippen LogP contribution in [0.5, 0.6) is 0 Å². The van der Waals surface area contributed by atoms with E-state index in [9.17, 15) is 4.79 Å². The van der Waals surface area contributed by atoms with E-state index in [2.05, 4.69) is 24.8 Å². The lowest BCUT2D eigenvalue weighted by Gasteiger charge is -2.13. The van der Waals surface area contributed by atoms with Gasteiger partial charge >= 0.3 is 5.97 Å². The van der Waals surface area contributed by atoms with Gasteiger partial charge in [-0.1, -0.05) is 13.8 Å². The predicted molar refractivity (Wildman–Crippen MR) is 74.6 cm³/mol. The van der Waals surface area contributed by atoms with E-state index in [1.807, 2.05) is 5.38 Å². The third-order valence-electron chi connectivity index (χ3n) is 3.54. The Morgan fingerprint density at radius 1 is 1.50 bits per heavy atom. The Morgan fingerprint density at radius 2 is 2.17 bits per heavy atom. The van der Waals surface area contributed by atoms with Crippen LogP contribution in [0.25, 0.3) is 6.08 Å². The predicted octanol–water partition coefficient (Wildman–Crippen LogP) is 2.93. The highest BCUT2D eigenvalue weighted by atomic mass is 32.1. The van der Waals surface area contributed by atoms with Crippen molar-refractivity contribution in [1.29, 1.82) is 0 Å². The van der Waals surface area contributed by atoms with Crippen molar-refractivity contribution < 1.29 is 9.90 Å². The van der Waals surface area contributed by atoms with Crippen LogP contribution in [0.15, 0.2) is 17.5 Å². The van der Waals surface area contributed by atoms with Gasteiger partial charge in [-0.15, -0.1) is 11.3 Å². The number of hydrogen-bond donors (Lipinski definition) is 1. The summed E-state index contributed by atoms with van der Waals surface area (Å²) in [4.78, 5) is 14.2. The zero-order valence-electron chi connectivity index (χ0n) is 10.8. The summed E-state index contributed by atoms with van der Waals surface area (Å²) in [5.74, 6) is 0.651. The first-order valence-corrected chi connectivity index (χ1v) is 7.13. The average Bonchev–Trinajstić information content (AvgIpc) is 2.85. The smallest absolute Gasteiger partial charge is 0.328 e. The van der Waals surface area contributed by atoms with Crippen molar-refractivity contribution in [2.45, 2.75) is 20.4 Å². The Hall–Kier alpha value is -1.13. The first-order valence-electron chi connectivity index (χ1n) is 6.25. The first-order chi connectivity index (χ1) is 8.54. The third-order valence-corrected chi connectivity index (χ3v) is 4.48. The molecule has 2 atom stereocenters. The minimum Gasteiger partial charge on any atom is -0.478 e. The highest BCUT2D eigenvalue weighted by Gasteiger charge is 2.25. The maximum Gasteiger partial charge on any atom is 0.328 e. The second-order valence-electron chi connectivity index (χ2n) is 5.17. The van der Waals surface area contributed by atoms with Gasteiger partial charge in [0.15, 0.2) is 0 Å². The molecule has 98 valence electrons. The lowest BCUT2D eigenvalue weighted by atomic mass is 10.0. The van der Waals surface area contributed by atoms with Gasteiger partial charge in [0.05, 0.1) is 0 Å². The van der Waals surface area contributed by atoms with Gasteiger partial charge in [0, 0.05) is 30.6 Å². The fourth-order valence-electron chi connectivity index (χ4n) is 2.33. The van der Waals surface area contributed by atoms with Crippen LogP contribution >= 0.6 is 11.3 Å². The molecule has 0 aromatic carbocycles. The number of carbonyl (C=O) groups is 1. The average molecular weight is 265 g/mol. The fraction of sp³-hybridized carbons (Fsp3) is 0.500. The molecule has 18 heavy (non-hydrogen) atoms. The number of nitrogens with zero attached hydrogens (tertiary/aromatic N) is 1. The standard InChI is InChI=1S/C14H19NO2S/c1-10-6-15(7-11(10)2)8-13-5-12(9-18-13)3-4-14(16)17/h3-5,9-11H,6-8H2,1-2H3,(H,16,17). The minimum atomic E-state index is -0.898. The summed E-state index contributed by atoms with van der Waals surface area (Å²) in [5.41, 5.74) is 0.984. The van der Waals surface area contributed by atoms with Gasteiger partial charge in [-0.25, -0.2) is 4.79 Å². The summed E-state index contributed by atoms with van der Waals surface area (Å²) in [6.07, 6.45) is 2.84. The van der Waals surface area contributed by atoms with Gasteiger partial charge in [-0.05, 0) is 34.9 Å². The van der Waals surface area contributed by atoms with Gasteiger partial charge in [0.25, 0.3) is 0 Å². The van der Waals surface area contributed by atoms with Crippen molar-refractivity contribution in [3.8, 4) is 0 Å². The van der Waals surface area contributed by atoms with Gasteiger partial charge in [0.1, 0.15) is 0 Å². The van der Waals surface area contributed by atoms with E-state index in [0.29, 0.717) is 0 Å². The van der Waals surface area contributed by atoms with Crippen LogP contribution in [0, 0.1) is 11.8 Å². The summed E-state index contributed by atoms with van der Waals surface area (Å²) in [6, 6.07) is 2.08. The van der Waals surface area contributed by atoms with E-state index in [0.717, 1.165) is 23.9 Å². The van der Waals surface area contributed by atoms with Crippen LogP contribution in [0.2, 0.25) is 0 Å².